The van der Waals surface area contributed by atoms with Gasteiger partial charge < -0.3 is 10.5 Å². The molecule has 0 spiro atoms. The van der Waals surface area contributed by atoms with Gasteiger partial charge in [-0.2, -0.15) is 0 Å². The van der Waals surface area contributed by atoms with Crippen LogP contribution in [0.5, 0.6) is 0 Å². The van der Waals surface area contributed by atoms with Crippen molar-refractivity contribution in [3.63, 3.8) is 0 Å². The molecule has 0 aliphatic rings. The Morgan fingerprint density at radius 2 is 2.19 bits per heavy atom. The van der Waals surface area contributed by atoms with Gasteiger partial charge in [-0.05, 0) is 43.5 Å². The van der Waals surface area contributed by atoms with E-state index in [4.69, 9.17) is 10.5 Å². The van der Waals surface area contributed by atoms with Crippen molar-refractivity contribution in [1.29, 1.82) is 0 Å². The Kier molecular flexibility index (Phi) is 4.89. The fourth-order valence-corrected chi connectivity index (χ4v) is 1.95. The van der Waals surface area contributed by atoms with Crippen LogP contribution in [-0.4, -0.2) is 19.3 Å². The van der Waals surface area contributed by atoms with Gasteiger partial charge in [-0.3, -0.25) is 0 Å². The average Bonchev–Trinajstić information content (AvgIpc) is 2.20. The van der Waals surface area contributed by atoms with Crippen LogP contribution in [0.2, 0.25) is 0 Å². The Labute approximate surface area is 104 Å². The van der Waals surface area contributed by atoms with E-state index in [0.29, 0.717) is 25.0 Å². The van der Waals surface area contributed by atoms with Crippen LogP contribution in [0.25, 0.3) is 0 Å². The molecule has 4 heteroatoms. The van der Waals surface area contributed by atoms with Gasteiger partial charge in [-0.25, -0.2) is 4.39 Å². The monoisotopic (exact) mass is 289 g/mol. The summed E-state index contributed by atoms with van der Waals surface area (Å²) in [7, 11) is 1.63. The van der Waals surface area contributed by atoms with Crippen molar-refractivity contribution in [3.8, 4) is 0 Å². The fourth-order valence-electron chi connectivity index (χ4n) is 1.54. The number of halogens is 2. The Hall–Kier alpha value is -0.450. The van der Waals surface area contributed by atoms with E-state index in [1.54, 1.807) is 19.2 Å². The molecule has 0 saturated heterocycles. The first-order chi connectivity index (χ1) is 7.44. The van der Waals surface area contributed by atoms with Crippen LogP contribution >= 0.6 is 15.9 Å². The number of hydrogen-bond acceptors (Lipinski definition) is 2. The predicted octanol–water partition coefficient (Wildman–Crippen LogP) is 2.88. The largest absolute Gasteiger partial charge is 0.385 e. The van der Waals surface area contributed by atoms with E-state index in [2.05, 4.69) is 15.9 Å². The van der Waals surface area contributed by atoms with Crippen molar-refractivity contribution in [2.75, 3.05) is 13.7 Å². The van der Waals surface area contributed by atoms with E-state index in [1.807, 2.05) is 6.92 Å². The van der Waals surface area contributed by atoms with E-state index in [9.17, 15) is 4.39 Å². The minimum Gasteiger partial charge on any atom is -0.385 e. The summed E-state index contributed by atoms with van der Waals surface area (Å²) in [6.45, 7) is 2.50. The van der Waals surface area contributed by atoms with Gasteiger partial charge in [-0.1, -0.05) is 15.9 Å². The standard InChI is InChI=1S/C12H17BrFNO/c1-12(15,5-6-16-2)8-9-7-10(13)3-4-11(9)14/h3-4,7H,5-6,8,15H2,1-2H3. The second kappa shape index (κ2) is 5.75. The topological polar surface area (TPSA) is 35.2 Å². The smallest absolute Gasteiger partial charge is 0.126 e. The molecule has 1 aromatic carbocycles. The first-order valence-electron chi connectivity index (χ1n) is 5.16. The molecule has 0 aliphatic heterocycles. The third-order valence-electron chi connectivity index (χ3n) is 2.48. The maximum atomic E-state index is 13.5. The second-order valence-corrected chi connectivity index (χ2v) is 5.23. The van der Waals surface area contributed by atoms with E-state index in [1.165, 1.54) is 6.07 Å². The van der Waals surface area contributed by atoms with Gasteiger partial charge in [0.05, 0.1) is 0 Å². The Bertz CT molecular complexity index is 355. The molecule has 0 aromatic heterocycles. The SMILES string of the molecule is COCCC(C)(N)Cc1cc(Br)ccc1F. The summed E-state index contributed by atoms with van der Waals surface area (Å²) in [4.78, 5) is 0. The fraction of sp³-hybridized carbons (Fsp3) is 0.500. The van der Waals surface area contributed by atoms with E-state index >= 15 is 0 Å². The van der Waals surface area contributed by atoms with Crippen LogP contribution in [0.1, 0.15) is 18.9 Å². The highest BCUT2D eigenvalue weighted by atomic mass is 79.9. The number of ether oxygens (including phenoxy) is 1. The minimum absolute atomic E-state index is 0.211. The van der Waals surface area contributed by atoms with Gasteiger partial charge in [-0.15, -0.1) is 0 Å². The summed E-state index contributed by atoms with van der Waals surface area (Å²) in [6.07, 6.45) is 1.21. The van der Waals surface area contributed by atoms with Crippen molar-refractivity contribution in [1.82, 2.24) is 0 Å². The minimum atomic E-state index is -0.447. The zero-order chi connectivity index (χ0) is 12.2. The molecular formula is C12H17BrFNO. The van der Waals surface area contributed by atoms with Crippen LogP contribution in [0.4, 0.5) is 4.39 Å². The quantitative estimate of drug-likeness (QED) is 0.905. The number of benzene rings is 1. The van der Waals surface area contributed by atoms with E-state index < -0.39 is 5.54 Å². The third kappa shape index (κ3) is 4.20. The molecule has 16 heavy (non-hydrogen) atoms. The van der Waals surface area contributed by atoms with Crippen molar-refractivity contribution >= 4 is 15.9 Å². The van der Waals surface area contributed by atoms with Crippen molar-refractivity contribution < 1.29 is 9.13 Å². The molecule has 1 aromatic rings. The van der Waals surface area contributed by atoms with Gasteiger partial charge in [0, 0.05) is 23.7 Å². The maximum Gasteiger partial charge on any atom is 0.126 e. The molecule has 0 saturated carbocycles. The summed E-state index contributed by atoms with van der Waals surface area (Å²) in [6, 6.07) is 4.90. The van der Waals surface area contributed by atoms with Crippen LogP contribution in [0, 0.1) is 5.82 Å². The lowest BCUT2D eigenvalue weighted by molar-refractivity contribution is 0.171. The van der Waals surface area contributed by atoms with Crippen LogP contribution < -0.4 is 5.73 Å². The molecular weight excluding hydrogens is 273 g/mol. The first kappa shape index (κ1) is 13.6. The molecule has 0 fully saturated rings. The summed E-state index contributed by atoms with van der Waals surface area (Å²) in [5, 5.41) is 0. The highest BCUT2D eigenvalue weighted by Gasteiger charge is 2.20. The Balaban J connectivity index is 2.74. The number of nitrogens with two attached hydrogens (primary N) is 1. The molecule has 0 heterocycles. The normalized spacial score (nSPS) is 14.8. The third-order valence-corrected chi connectivity index (χ3v) is 2.97. The van der Waals surface area contributed by atoms with E-state index in [-0.39, 0.29) is 5.82 Å². The molecule has 1 rings (SSSR count). The second-order valence-electron chi connectivity index (χ2n) is 4.31. The average molecular weight is 290 g/mol. The zero-order valence-electron chi connectivity index (χ0n) is 9.59. The molecule has 0 amide bonds. The highest BCUT2D eigenvalue weighted by Crippen LogP contribution is 2.21. The highest BCUT2D eigenvalue weighted by molar-refractivity contribution is 9.10. The van der Waals surface area contributed by atoms with Crippen LogP contribution in [0.15, 0.2) is 22.7 Å². The summed E-state index contributed by atoms with van der Waals surface area (Å²) in [5.74, 6) is -0.211. The molecule has 0 bridgehead atoms. The van der Waals surface area contributed by atoms with Crippen LogP contribution in [-0.2, 0) is 11.2 Å². The molecule has 1 unspecified atom stereocenters. The van der Waals surface area contributed by atoms with E-state index in [0.717, 1.165) is 4.47 Å². The van der Waals surface area contributed by atoms with Gasteiger partial charge in [0.2, 0.25) is 0 Å². The van der Waals surface area contributed by atoms with Gasteiger partial charge in [0.1, 0.15) is 5.82 Å². The summed E-state index contributed by atoms with van der Waals surface area (Å²) < 4.78 is 19.4. The van der Waals surface area contributed by atoms with Crippen LogP contribution in [0.3, 0.4) is 0 Å². The first-order valence-corrected chi connectivity index (χ1v) is 5.96. The van der Waals surface area contributed by atoms with Gasteiger partial charge in [0.15, 0.2) is 0 Å². The van der Waals surface area contributed by atoms with Gasteiger partial charge >= 0.3 is 0 Å². The molecule has 0 aliphatic carbocycles. The van der Waals surface area contributed by atoms with Crippen molar-refractivity contribution in [3.05, 3.63) is 34.1 Å². The zero-order valence-corrected chi connectivity index (χ0v) is 11.2. The Morgan fingerprint density at radius 3 is 2.81 bits per heavy atom. The van der Waals surface area contributed by atoms with Gasteiger partial charge in [0.25, 0.3) is 0 Å². The lowest BCUT2D eigenvalue weighted by Gasteiger charge is -2.24. The maximum absolute atomic E-state index is 13.5. The number of methoxy groups -OCH3 is 1. The molecule has 0 radical (unpaired) electrons. The van der Waals surface area contributed by atoms with Crippen molar-refractivity contribution in [2.45, 2.75) is 25.3 Å². The molecule has 2 N–H and O–H groups in total. The molecule has 2 nitrogen and oxygen atoms in total. The lowest BCUT2D eigenvalue weighted by atomic mass is 9.91. The lowest BCUT2D eigenvalue weighted by Crippen LogP contribution is -2.39. The summed E-state index contributed by atoms with van der Waals surface area (Å²) in [5.41, 5.74) is 6.28. The summed E-state index contributed by atoms with van der Waals surface area (Å²) >= 11 is 3.32. The molecule has 90 valence electrons. The van der Waals surface area contributed by atoms with Crippen molar-refractivity contribution in [2.24, 2.45) is 5.73 Å². The Morgan fingerprint density at radius 1 is 1.50 bits per heavy atom. The number of rotatable bonds is 5. The number of hydrogen-bond donors (Lipinski definition) is 1. The predicted molar refractivity (Wildman–Crippen MR) is 66.9 cm³/mol. The molecule has 1 atom stereocenters.